The standard InChI is InChI=1S/C13H19NO3/c1-9(5-6-14)13-11(16-3)7-10(15-2)8-12(13)17-4/h7-8H,1,5-6,14H2,2-4H3. The Labute approximate surface area is 102 Å². The normalized spacial score (nSPS) is 9.88. The lowest BCUT2D eigenvalue weighted by Crippen LogP contribution is -2.02. The first-order valence-electron chi connectivity index (χ1n) is 5.36. The Morgan fingerprint density at radius 3 is 2.00 bits per heavy atom. The van der Waals surface area contributed by atoms with Crippen LogP contribution in [0.25, 0.3) is 5.57 Å². The van der Waals surface area contributed by atoms with Gasteiger partial charge in [-0.1, -0.05) is 6.58 Å². The summed E-state index contributed by atoms with van der Waals surface area (Å²) in [5.41, 5.74) is 7.28. The van der Waals surface area contributed by atoms with Gasteiger partial charge in [-0.2, -0.15) is 0 Å². The molecule has 0 aromatic heterocycles. The van der Waals surface area contributed by atoms with Crippen molar-refractivity contribution in [3.05, 3.63) is 24.3 Å². The summed E-state index contributed by atoms with van der Waals surface area (Å²) in [4.78, 5) is 0. The lowest BCUT2D eigenvalue weighted by atomic mass is 10.0. The van der Waals surface area contributed by atoms with Gasteiger partial charge in [0.2, 0.25) is 0 Å². The van der Waals surface area contributed by atoms with E-state index in [-0.39, 0.29) is 0 Å². The molecule has 0 saturated heterocycles. The van der Waals surface area contributed by atoms with E-state index in [1.54, 1.807) is 33.5 Å². The molecule has 0 saturated carbocycles. The molecular formula is C13H19NO3. The Balaban J connectivity index is 3.29. The molecule has 0 aliphatic rings. The Kier molecular flexibility index (Phi) is 4.84. The molecule has 94 valence electrons. The van der Waals surface area contributed by atoms with Crippen LogP contribution < -0.4 is 19.9 Å². The van der Waals surface area contributed by atoms with Crippen molar-refractivity contribution in [2.24, 2.45) is 5.73 Å². The van der Waals surface area contributed by atoms with Crippen molar-refractivity contribution in [2.75, 3.05) is 27.9 Å². The van der Waals surface area contributed by atoms with Gasteiger partial charge in [-0.05, 0) is 18.5 Å². The molecule has 0 spiro atoms. The predicted octanol–water partition coefficient (Wildman–Crippen LogP) is 2.07. The van der Waals surface area contributed by atoms with Crippen molar-refractivity contribution in [1.82, 2.24) is 0 Å². The molecule has 0 fully saturated rings. The topological polar surface area (TPSA) is 53.7 Å². The molecule has 0 bridgehead atoms. The first kappa shape index (κ1) is 13.4. The van der Waals surface area contributed by atoms with Crippen LogP contribution >= 0.6 is 0 Å². The van der Waals surface area contributed by atoms with Crippen LogP contribution in [-0.4, -0.2) is 27.9 Å². The molecule has 0 amide bonds. The second-order valence-corrected chi connectivity index (χ2v) is 3.55. The predicted molar refractivity (Wildman–Crippen MR) is 68.8 cm³/mol. The number of ether oxygens (including phenoxy) is 3. The molecule has 0 heterocycles. The summed E-state index contributed by atoms with van der Waals surface area (Å²) in [6.45, 7) is 4.55. The fourth-order valence-electron chi connectivity index (χ4n) is 1.65. The van der Waals surface area contributed by atoms with E-state index in [1.807, 2.05) is 0 Å². The average Bonchev–Trinajstić information content (AvgIpc) is 2.37. The second kappa shape index (κ2) is 6.15. The van der Waals surface area contributed by atoms with Gasteiger partial charge in [-0.3, -0.25) is 0 Å². The number of nitrogens with two attached hydrogens (primary N) is 1. The summed E-state index contributed by atoms with van der Waals surface area (Å²) in [5.74, 6) is 2.04. The van der Waals surface area contributed by atoms with E-state index in [2.05, 4.69) is 6.58 Å². The van der Waals surface area contributed by atoms with Gasteiger partial charge in [0.05, 0.1) is 26.9 Å². The van der Waals surface area contributed by atoms with Gasteiger partial charge in [0.15, 0.2) is 0 Å². The smallest absolute Gasteiger partial charge is 0.133 e. The minimum atomic E-state index is 0.539. The van der Waals surface area contributed by atoms with Crippen molar-refractivity contribution >= 4 is 5.57 Å². The van der Waals surface area contributed by atoms with Crippen LogP contribution in [0.2, 0.25) is 0 Å². The SMILES string of the molecule is C=C(CCN)c1c(OC)cc(OC)cc1OC. The van der Waals surface area contributed by atoms with Crippen molar-refractivity contribution in [1.29, 1.82) is 0 Å². The molecule has 0 aliphatic heterocycles. The van der Waals surface area contributed by atoms with Gasteiger partial charge in [-0.25, -0.2) is 0 Å². The molecule has 1 aromatic rings. The molecule has 2 N–H and O–H groups in total. The third-order valence-corrected chi connectivity index (χ3v) is 2.51. The molecule has 0 atom stereocenters. The van der Waals surface area contributed by atoms with Crippen LogP contribution in [0.3, 0.4) is 0 Å². The third-order valence-electron chi connectivity index (χ3n) is 2.51. The van der Waals surface area contributed by atoms with E-state index in [4.69, 9.17) is 19.9 Å². The summed E-state index contributed by atoms with van der Waals surface area (Å²) < 4.78 is 15.9. The lowest BCUT2D eigenvalue weighted by Gasteiger charge is -2.16. The zero-order valence-corrected chi connectivity index (χ0v) is 10.6. The third kappa shape index (κ3) is 2.91. The fourth-order valence-corrected chi connectivity index (χ4v) is 1.65. The van der Waals surface area contributed by atoms with Gasteiger partial charge >= 0.3 is 0 Å². The zero-order chi connectivity index (χ0) is 12.8. The van der Waals surface area contributed by atoms with E-state index < -0.39 is 0 Å². The second-order valence-electron chi connectivity index (χ2n) is 3.55. The summed E-state index contributed by atoms with van der Waals surface area (Å²) in [5, 5.41) is 0. The maximum absolute atomic E-state index is 5.54. The van der Waals surface area contributed by atoms with Gasteiger partial charge in [0.1, 0.15) is 17.2 Å². The summed E-state index contributed by atoms with van der Waals surface area (Å²) in [6.07, 6.45) is 0.694. The van der Waals surface area contributed by atoms with Crippen molar-refractivity contribution < 1.29 is 14.2 Å². The summed E-state index contributed by atoms with van der Waals surface area (Å²) >= 11 is 0. The van der Waals surface area contributed by atoms with Crippen LogP contribution in [-0.2, 0) is 0 Å². The van der Waals surface area contributed by atoms with Gasteiger partial charge in [-0.15, -0.1) is 0 Å². The van der Waals surface area contributed by atoms with Crippen LogP contribution in [0.5, 0.6) is 17.2 Å². The van der Waals surface area contributed by atoms with Crippen LogP contribution in [0.1, 0.15) is 12.0 Å². The van der Waals surface area contributed by atoms with Crippen molar-refractivity contribution in [3.63, 3.8) is 0 Å². The number of hydrogen-bond donors (Lipinski definition) is 1. The maximum atomic E-state index is 5.54. The monoisotopic (exact) mass is 237 g/mol. The van der Waals surface area contributed by atoms with Crippen LogP contribution in [0, 0.1) is 0 Å². The zero-order valence-electron chi connectivity index (χ0n) is 10.6. The molecular weight excluding hydrogens is 218 g/mol. The minimum absolute atomic E-state index is 0.539. The minimum Gasteiger partial charge on any atom is -0.496 e. The van der Waals surface area contributed by atoms with E-state index in [1.165, 1.54) is 0 Å². The highest BCUT2D eigenvalue weighted by Gasteiger charge is 2.15. The molecule has 1 rings (SSSR count). The molecule has 0 unspecified atom stereocenters. The number of rotatable bonds is 6. The first-order valence-corrected chi connectivity index (χ1v) is 5.36. The van der Waals surface area contributed by atoms with E-state index in [0.717, 1.165) is 11.1 Å². The molecule has 4 nitrogen and oxygen atoms in total. The van der Waals surface area contributed by atoms with Crippen molar-refractivity contribution in [2.45, 2.75) is 6.42 Å². The van der Waals surface area contributed by atoms with E-state index >= 15 is 0 Å². The lowest BCUT2D eigenvalue weighted by molar-refractivity contribution is 0.373. The number of hydrogen-bond acceptors (Lipinski definition) is 4. The highest BCUT2D eigenvalue weighted by atomic mass is 16.5. The molecule has 17 heavy (non-hydrogen) atoms. The number of methoxy groups -OCH3 is 3. The Morgan fingerprint density at radius 2 is 1.65 bits per heavy atom. The molecule has 0 radical (unpaired) electrons. The van der Waals surface area contributed by atoms with Gasteiger partial charge in [0.25, 0.3) is 0 Å². The first-order chi connectivity index (χ1) is 8.17. The Hall–Kier alpha value is -1.68. The van der Waals surface area contributed by atoms with Gasteiger partial charge in [0, 0.05) is 12.1 Å². The van der Waals surface area contributed by atoms with Crippen LogP contribution in [0.4, 0.5) is 0 Å². The maximum Gasteiger partial charge on any atom is 0.133 e. The highest BCUT2D eigenvalue weighted by molar-refractivity contribution is 5.75. The summed E-state index contributed by atoms with van der Waals surface area (Å²) in [6, 6.07) is 3.61. The van der Waals surface area contributed by atoms with Crippen molar-refractivity contribution in [3.8, 4) is 17.2 Å². The molecule has 0 aliphatic carbocycles. The molecule has 4 heteroatoms. The molecule has 1 aromatic carbocycles. The largest absolute Gasteiger partial charge is 0.496 e. The van der Waals surface area contributed by atoms with E-state index in [0.29, 0.717) is 30.2 Å². The highest BCUT2D eigenvalue weighted by Crippen LogP contribution is 2.38. The quantitative estimate of drug-likeness (QED) is 0.823. The Morgan fingerprint density at radius 1 is 1.12 bits per heavy atom. The van der Waals surface area contributed by atoms with Crippen LogP contribution in [0.15, 0.2) is 18.7 Å². The summed E-state index contributed by atoms with van der Waals surface area (Å²) in [7, 11) is 4.81. The van der Waals surface area contributed by atoms with Gasteiger partial charge < -0.3 is 19.9 Å². The van der Waals surface area contributed by atoms with E-state index in [9.17, 15) is 0 Å². The Bertz CT molecular complexity index is 377. The average molecular weight is 237 g/mol. The number of benzene rings is 1. The fraction of sp³-hybridized carbons (Fsp3) is 0.385.